The Morgan fingerprint density at radius 1 is 0.762 bits per heavy atom. The van der Waals surface area contributed by atoms with E-state index in [-0.39, 0.29) is 32.1 Å². The van der Waals surface area contributed by atoms with E-state index in [0.717, 1.165) is 25.7 Å². The van der Waals surface area contributed by atoms with Gasteiger partial charge in [0.15, 0.2) is 0 Å². The molecule has 0 bridgehead atoms. The highest BCUT2D eigenvalue weighted by atomic mass is 16.5. The van der Waals surface area contributed by atoms with Crippen LogP contribution in [0.25, 0.3) is 0 Å². The highest BCUT2D eigenvalue weighted by Gasteiger charge is 2.35. The molecule has 63 heavy (non-hydrogen) atoms. The molecule has 1 aromatic heterocycles. The summed E-state index contributed by atoms with van der Waals surface area (Å²) >= 11 is 0. The number of rotatable bonds is 26. The van der Waals surface area contributed by atoms with Crippen LogP contribution in [0.2, 0.25) is 0 Å². The van der Waals surface area contributed by atoms with E-state index in [4.69, 9.17) is 16.2 Å². The van der Waals surface area contributed by atoms with Crippen molar-refractivity contribution in [1.29, 1.82) is 0 Å². The van der Waals surface area contributed by atoms with Crippen molar-refractivity contribution in [3.05, 3.63) is 18.2 Å². The lowest BCUT2D eigenvalue weighted by atomic mass is 10.1. The zero-order valence-electron chi connectivity index (χ0n) is 36.3. The third-order valence-corrected chi connectivity index (χ3v) is 10.0. The predicted molar refractivity (Wildman–Crippen MR) is 224 cm³/mol. The van der Waals surface area contributed by atoms with Crippen LogP contribution in [0.3, 0.4) is 0 Å². The lowest BCUT2D eigenvalue weighted by Gasteiger charge is -2.25. The van der Waals surface area contributed by atoms with E-state index < -0.39 is 121 Å². The maximum atomic E-state index is 13.7. The van der Waals surface area contributed by atoms with Gasteiger partial charge in [-0.3, -0.25) is 43.2 Å². The first-order valence-corrected chi connectivity index (χ1v) is 21.4. The second kappa shape index (κ2) is 28.5. The Morgan fingerprint density at radius 3 is 1.92 bits per heavy atom. The second-order valence-corrected chi connectivity index (χ2v) is 15.5. The number of nitrogens with two attached hydrogens (primary N) is 2. The minimum Gasteiger partial charge on any atom is -0.461 e. The molecule has 2 rings (SSSR count). The Kier molecular flexibility index (Phi) is 24.0. The van der Waals surface area contributed by atoms with Crippen molar-refractivity contribution in [2.75, 3.05) is 13.2 Å². The van der Waals surface area contributed by atoms with E-state index in [1.54, 1.807) is 0 Å². The van der Waals surface area contributed by atoms with Crippen molar-refractivity contribution in [3.8, 4) is 0 Å². The number of unbranched alkanes of at least 4 members (excludes halogenated alkanes) is 8. The number of nitrogens with zero attached hydrogens (tertiary/aromatic N) is 1. The zero-order chi connectivity index (χ0) is 46.9. The number of amides is 9. The molecule has 0 spiro atoms. The van der Waals surface area contributed by atoms with Crippen molar-refractivity contribution in [1.82, 2.24) is 47.2 Å². The summed E-state index contributed by atoms with van der Waals surface area (Å²) in [5, 5.41) is 27.0. The molecule has 1 aliphatic heterocycles. The van der Waals surface area contributed by atoms with Crippen molar-refractivity contribution in [3.63, 3.8) is 0 Å². The molecule has 7 atom stereocenters. The molecule has 1 aliphatic rings. The van der Waals surface area contributed by atoms with Crippen LogP contribution in [0.4, 0.5) is 0 Å². The van der Waals surface area contributed by atoms with Crippen LogP contribution in [0.5, 0.6) is 0 Å². The van der Waals surface area contributed by atoms with E-state index in [1.165, 1.54) is 52.1 Å². The van der Waals surface area contributed by atoms with Gasteiger partial charge in [0.05, 0.1) is 19.0 Å². The van der Waals surface area contributed by atoms with Gasteiger partial charge in [0.2, 0.25) is 53.2 Å². The quantitative estimate of drug-likeness (QED) is 0.0336. The summed E-state index contributed by atoms with van der Waals surface area (Å²) in [6, 6.07) is -8.86. The van der Waals surface area contributed by atoms with E-state index in [2.05, 4.69) is 54.1 Å². The smallest absolute Gasteiger partial charge is 0.328 e. The number of esters is 1. The van der Waals surface area contributed by atoms with Crippen LogP contribution >= 0.6 is 0 Å². The third kappa shape index (κ3) is 21.0. The van der Waals surface area contributed by atoms with Gasteiger partial charge in [-0.25, -0.2) is 9.78 Å². The van der Waals surface area contributed by atoms with Gasteiger partial charge in [-0.15, -0.1) is 0 Å². The van der Waals surface area contributed by atoms with Crippen LogP contribution in [0.1, 0.15) is 116 Å². The Morgan fingerprint density at radius 2 is 1.33 bits per heavy atom. The molecular formula is C40H65N11O12. The average molecular weight is 892 g/mol. The van der Waals surface area contributed by atoms with Gasteiger partial charge in [0.25, 0.3) is 0 Å². The monoisotopic (exact) mass is 891 g/mol. The molecule has 352 valence electrons. The first-order valence-electron chi connectivity index (χ1n) is 21.4. The van der Waals surface area contributed by atoms with Crippen LogP contribution in [0.15, 0.2) is 12.5 Å². The summed E-state index contributed by atoms with van der Waals surface area (Å²) in [4.78, 5) is 135. The van der Waals surface area contributed by atoms with Crippen LogP contribution in [-0.4, -0.2) is 130 Å². The standard InChI is InChI=1S/C40H65N11O12/c1-4-5-6-7-8-9-10-11-12-13-32(55)51-34(24(3)52)39(61)44-20-33(56)46-23(2)35(57)50-29-21-63-40(62)27(15-17-31(42)54)48-36(58)26(14-16-30(41)53)47-37(59)28(49-38(29)60)18-25-19-43-22-45-25/h19,22-24,26-29,34,52H,4-18,20-21H2,1-3H3,(H2,41,53)(H2,42,54)(H,43,45)(H,44,61)(H,46,56)(H,47,59)(H,48,58)(H,49,60)(H,50,57)(H,51,55). The highest BCUT2D eigenvalue weighted by molar-refractivity contribution is 5.97. The number of aromatic amines is 1. The fourth-order valence-corrected chi connectivity index (χ4v) is 6.36. The van der Waals surface area contributed by atoms with Gasteiger partial charge in [-0.2, -0.15) is 0 Å². The average Bonchev–Trinajstić information content (AvgIpc) is 3.74. The Labute approximate surface area is 365 Å². The molecule has 23 heteroatoms. The van der Waals surface area contributed by atoms with Crippen LogP contribution in [-0.2, 0) is 59.1 Å². The third-order valence-electron chi connectivity index (χ3n) is 10.0. The lowest BCUT2D eigenvalue weighted by molar-refractivity contribution is -0.150. The highest BCUT2D eigenvalue weighted by Crippen LogP contribution is 2.11. The summed E-state index contributed by atoms with van der Waals surface area (Å²) < 4.78 is 5.32. The van der Waals surface area contributed by atoms with Crippen molar-refractivity contribution in [2.24, 2.45) is 11.5 Å². The SMILES string of the molecule is CCCCCCCCCCCC(=O)NC(C(=O)NCC(=O)NC(C)C(=O)NC1COC(=O)C(CCC(N)=O)NC(=O)C(CCC(N)=O)NC(=O)C(Cc2cnc[nH]2)NC1=O)C(C)O. The van der Waals surface area contributed by atoms with Gasteiger partial charge in [0, 0.05) is 37.6 Å². The number of cyclic esters (lactones) is 1. The zero-order valence-corrected chi connectivity index (χ0v) is 36.3. The Bertz CT molecular complexity index is 1710. The first kappa shape index (κ1) is 53.0. The number of imidazole rings is 1. The van der Waals surface area contributed by atoms with E-state index in [9.17, 15) is 53.1 Å². The molecule has 0 saturated carbocycles. The minimum absolute atomic E-state index is 0.154. The van der Waals surface area contributed by atoms with Gasteiger partial charge < -0.3 is 63.5 Å². The van der Waals surface area contributed by atoms with Crippen LogP contribution < -0.4 is 48.7 Å². The summed E-state index contributed by atoms with van der Waals surface area (Å²) in [5.74, 6) is -8.77. The Hall–Kier alpha value is -6.13. The number of hydrogen-bond donors (Lipinski definition) is 11. The predicted octanol–water partition coefficient (Wildman–Crippen LogP) is -2.61. The molecule has 23 nitrogen and oxygen atoms in total. The lowest BCUT2D eigenvalue weighted by Crippen LogP contribution is -2.59. The molecule has 7 unspecified atom stereocenters. The van der Waals surface area contributed by atoms with Crippen molar-refractivity contribution < 1.29 is 57.8 Å². The van der Waals surface area contributed by atoms with E-state index in [0.29, 0.717) is 12.1 Å². The summed E-state index contributed by atoms with van der Waals surface area (Å²) in [6.07, 6.45) is 9.40. The number of hydrogen-bond acceptors (Lipinski definition) is 13. The van der Waals surface area contributed by atoms with Gasteiger partial charge >= 0.3 is 5.97 Å². The molecule has 2 heterocycles. The normalized spacial score (nSPS) is 19.7. The Balaban J connectivity index is 2.12. The molecule has 0 radical (unpaired) electrons. The number of aliphatic hydroxyl groups is 1. The number of H-pyrrole nitrogens is 1. The number of carbonyl (C=O) groups excluding carboxylic acids is 10. The number of nitrogens with one attached hydrogen (secondary N) is 8. The maximum absolute atomic E-state index is 13.7. The second-order valence-electron chi connectivity index (χ2n) is 15.5. The maximum Gasteiger partial charge on any atom is 0.328 e. The minimum atomic E-state index is -1.71. The molecule has 0 aliphatic carbocycles. The molecular weight excluding hydrogens is 827 g/mol. The number of aromatic nitrogens is 2. The number of ether oxygens (including phenoxy) is 1. The van der Waals surface area contributed by atoms with Crippen LogP contribution in [0, 0.1) is 0 Å². The van der Waals surface area contributed by atoms with Gasteiger partial charge in [-0.1, -0.05) is 58.3 Å². The van der Waals surface area contributed by atoms with E-state index >= 15 is 0 Å². The topological polar surface area (TPSA) is 365 Å². The summed E-state index contributed by atoms with van der Waals surface area (Å²) in [7, 11) is 0. The van der Waals surface area contributed by atoms with E-state index in [1.807, 2.05) is 0 Å². The fourth-order valence-electron chi connectivity index (χ4n) is 6.36. The molecule has 0 aromatic carbocycles. The largest absolute Gasteiger partial charge is 0.461 e. The molecule has 1 saturated heterocycles. The van der Waals surface area contributed by atoms with Gasteiger partial charge in [0.1, 0.15) is 42.9 Å². The molecule has 1 aromatic rings. The van der Waals surface area contributed by atoms with Gasteiger partial charge in [-0.05, 0) is 33.1 Å². The fraction of sp³-hybridized carbons (Fsp3) is 0.675. The van der Waals surface area contributed by atoms with Crippen molar-refractivity contribution >= 4 is 59.1 Å². The summed E-state index contributed by atoms with van der Waals surface area (Å²) in [6.45, 7) is 3.19. The first-order chi connectivity index (χ1) is 29.9. The molecule has 9 amide bonds. The molecule has 1 fully saturated rings. The molecule has 13 N–H and O–H groups in total. The number of carbonyl (C=O) groups is 10. The summed E-state index contributed by atoms with van der Waals surface area (Å²) in [5.41, 5.74) is 10.9. The van der Waals surface area contributed by atoms with Crippen molar-refractivity contribution in [2.45, 2.75) is 159 Å². The number of aliphatic hydroxyl groups excluding tert-OH is 1. The number of primary amides is 2.